The van der Waals surface area contributed by atoms with Gasteiger partial charge in [-0.15, -0.1) is 0 Å². The maximum Gasteiger partial charge on any atom is 0.247 e. The lowest BCUT2D eigenvalue weighted by molar-refractivity contribution is -0.134. The molecule has 21 heavy (non-hydrogen) atoms. The Morgan fingerprint density at radius 3 is 2.76 bits per heavy atom. The van der Waals surface area contributed by atoms with E-state index in [2.05, 4.69) is 16.9 Å². The maximum atomic E-state index is 12.4. The lowest BCUT2D eigenvalue weighted by atomic mass is 10.2. The van der Waals surface area contributed by atoms with Crippen molar-refractivity contribution >= 4 is 17.5 Å². The van der Waals surface area contributed by atoms with Crippen molar-refractivity contribution in [2.24, 2.45) is 0 Å². The molecule has 2 atom stereocenters. The van der Waals surface area contributed by atoms with Gasteiger partial charge in [-0.05, 0) is 51.3 Å². The number of carbonyl (C=O) groups is 2. The summed E-state index contributed by atoms with van der Waals surface area (Å²) in [6.45, 7) is 9.32. The van der Waals surface area contributed by atoms with Crippen molar-refractivity contribution in [2.45, 2.75) is 45.7 Å². The summed E-state index contributed by atoms with van der Waals surface area (Å²) in [4.78, 5) is 30.2. The molecule has 1 aliphatic rings. The summed E-state index contributed by atoms with van der Waals surface area (Å²) in [5.41, 5.74) is 2.62. The molecule has 0 radical (unpaired) electrons. The number of pyridine rings is 1. The average Bonchev–Trinajstić information content (AvgIpc) is 2.84. The molecular weight excluding hydrogens is 266 g/mol. The highest BCUT2D eigenvalue weighted by Crippen LogP contribution is 2.25. The predicted molar refractivity (Wildman–Crippen MR) is 81.9 cm³/mol. The molecule has 1 N–H and O–H groups in total. The van der Waals surface area contributed by atoms with Gasteiger partial charge in [0.05, 0.1) is 11.9 Å². The summed E-state index contributed by atoms with van der Waals surface area (Å²) in [5, 5.41) is 2.85. The second-order valence-electron chi connectivity index (χ2n) is 5.51. The van der Waals surface area contributed by atoms with Crippen molar-refractivity contribution in [1.29, 1.82) is 0 Å². The summed E-state index contributed by atoms with van der Waals surface area (Å²) in [5.74, 6) is -0.363. The molecule has 0 aromatic carbocycles. The third-order valence-electron chi connectivity index (χ3n) is 4.01. The molecule has 1 aromatic heterocycles. The molecule has 112 valence electrons. The highest BCUT2D eigenvalue weighted by atomic mass is 16.2. The Labute approximate surface area is 125 Å². The van der Waals surface area contributed by atoms with Crippen LogP contribution in [-0.4, -0.2) is 33.8 Å². The molecule has 2 rings (SSSR count). The molecule has 1 aromatic rings. The lowest BCUT2D eigenvalue weighted by Gasteiger charge is -2.26. The Kier molecular flexibility index (Phi) is 4.40. The van der Waals surface area contributed by atoms with Gasteiger partial charge < -0.3 is 10.2 Å². The zero-order chi connectivity index (χ0) is 15.6. The third kappa shape index (κ3) is 3.12. The highest BCUT2D eigenvalue weighted by Gasteiger charge is 2.37. The summed E-state index contributed by atoms with van der Waals surface area (Å²) in [6, 6.07) is 1.51. The molecule has 1 aliphatic heterocycles. The molecule has 0 bridgehead atoms. The van der Waals surface area contributed by atoms with Crippen LogP contribution < -0.4 is 5.32 Å². The molecule has 0 aliphatic carbocycles. The number of hydrogen-bond donors (Lipinski definition) is 1. The van der Waals surface area contributed by atoms with Gasteiger partial charge in [0, 0.05) is 11.7 Å². The number of amides is 2. The van der Waals surface area contributed by atoms with Crippen LogP contribution in [0.2, 0.25) is 0 Å². The number of carbonyl (C=O) groups excluding carboxylic acids is 2. The average molecular weight is 287 g/mol. The van der Waals surface area contributed by atoms with Gasteiger partial charge in [0.15, 0.2) is 0 Å². The molecule has 2 heterocycles. The van der Waals surface area contributed by atoms with Gasteiger partial charge in [-0.25, -0.2) is 0 Å². The molecule has 1 fully saturated rings. The van der Waals surface area contributed by atoms with Gasteiger partial charge in [0.2, 0.25) is 11.8 Å². The van der Waals surface area contributed by atoms with E-state index in [1.165, 1.54) is 6.08 Å². The molecule has 0 spiro atoms. The van der Waals surface area contributed by atoms with E-state index >= 15 is 0 Å². The summed E-state index contributed by atoms with van der Waals surface area (Å²) >= 11 is 0. The summed E-state index contributed by atoms with van der Waals surface area (Å²) < 4.78 is 0. The van der Waals surface area contributed by atoms with E-state index in [0.717, 1.165) is 17.7 Å². The van der Waals surface area contributed by atoms with E-state index in [1.54, 1.807) is 11.1 Å². The van der Waals surface area contributed by atoms with E-state index in [4.69, 9.17) is 0 Å². The van der Waals surface area contributed by atoms with E-state index in [-0.39, 0.29) is 17.9 Å². The largest absolute Gasteiger partial charge is 0.324 e. The quantitative estimate of drug-likeness (QED) is 0.867. The second-order valence-corrected chi connectivity index (χ2v) is 5.51. The van der Waals surface area contributed by atoms with Gasteiger partial charge in [-0.3, -0.25) is 14.6 Å². The number of aryl methyl sites for hydroxylation is 2. The van der Waals surface area contributed by atoms with Crippen LogP contribution in [0, 0.1) is 13.8 Å². The van der Waals surface area contributed by atoms with E-state index < -0.39 is 6.04 Å². The first-order valence-electron chi connectivity index (χ1n) is 7.13. The topological polar surface area (TPSA) is 62.3 Å². The Morgan fingerprint density at radius 1 is 1.43 bits per heavy atom. The van der Waals surface area contributed by atoms with Gasteiger partial charge in [-0.1, -0.05) is 6.58 Å². The fourth-order valence-electron chi connectivity index (χ4n) is 2.66. The van der Waals surface area contributed by atoms with Crippen molar-refractivity contribution in [3.8, 4) is 0 Å². The van der Waals surface area contributed by atoms with Crippen molar-refractivity contribution in [1.82, 2.24) is 9.88 Å². The number of hydrogen-bond acceptors (Lipinski definition) is 3. The summed E-state index contributed by atoms with van der Waals surface area (Å²) in [7, 11) is 0. The normalized spacial score (nSPS) is 21.2. The molecule has 0 unspecified atom stereocenters. The summed E-state index contributed by atoms with van der Waals surface area (Å²) in [6.07, 6.45) is 4.39. The lowest BCUT2D eigenvalue weighted by Crippen LogP contribution is -2.45. The minimum atomic E-state index is -0.438. The smallest absolute Gasteiger partial charge is 0.247 e. The van der Waals surface area contributed by atoms with Crippen LogP contribution in [0.15, 0.2) is 24.9 Å². The van der Waals surface area contributed by atoms with Crippen LogP contribution >= 0.6 is 0 Å². The molecular formula is C16H21N3O2. The molecule has 1 saturated heterocycles. The van der Waals surface area contributed by atoms with E-state index in [0.29, 0.717) is 12.1 Å². The number of rotatable bonds is 3. The standard InChI is InChI=1S/C16H21N3O2/c1-5-15(20)19-11(3)6-7-14(19)16(21)18-13-8-10(2)12(4)17-9-13/h5,8-9,11,14H,1,6-7H2,2-4H3,(H,18,21)/t11-,14-/m0/s1. The highest BCUT2D eigenvalue weighted by molar-refractivity contribution is 5.99. The van der Waals surface area contributed by atoms with Crippen LogP contribution in [0.4, 0.5) is 5.69 Å². The first kappa shape index (κ1) is 15.2. The van der Waals surface area contributed by atoms with Crippen LogP contribution in [0.25, 0.3) is 0 Å². The third-order valence-corrected chi connectivity index (χ3v) is 4.01. The fraction of sp³-hybridized carbons (Fsp3) is 0.438. The number of nitrogens with one attached hydrogen (secondary N) is 1. The van der Waals surface area contributed by atoms with Gasteiger partial charge in [0.25, 0.3) is 0 Å². The van der Waals surface area contributed by atoms with Gasteiger partial charge in [0.1, 0.15) is 6.04 Å². The van der Waals surface area contributed by atoms with Crippen molar-refractivity contribution in [3.05, 3.63) is 36.2 Å². The Morgan fingerprint density at radius 2 is 2.14 bits per heavy atom. The Balaban J connectivity index is 2.13. The SMILES string of the molecule is C=CC(=O)N1[C@@H](C)CC[C@H]1C(=O)Nc1cnc(C)c(C)c1. The Hall–Kier alpha value is -2.17. The Bertz CT molecular complexity index is 583. The zero-order valence-corrected chi connectivity index (χ0v) is 12.7. The molecule has 5 nitrogen and oxygen atoms in total. The van der Waals surface area contributed by atoms with Crippen LogP contribution in [-0.2, 0) is 9.59 Å². The molecule has 0 saturated carbocycles. The van der Waals surface area contributed by atoms with E-state index in [1.807, 2.05) is 26.8 Å². The van der Waals surface area contributed by atoms with Crippen molar-refractivity contribution < 1.29 is 9.59 Å². The number of nitrogens with zero attached hydrogens (tertiary/aromatic N) is 2. The van der Waals surface area contributed by atoms with Gasteiger partial charge in [-0.2, -0.15) is 0 Å². The zero-order valence-electron chi connectivity index (χ0n) is 12.7. The second kappa shape index (κ2) is 6.08. The van der Waals surface area contributed by atoms with Gasteiger partial charge >= 0.3 is 0 Å². The first-order chi connectivity index (χ1) is 9.93. The predicted octanol–water partition coefficient (Wildman–Crippen LogP) is 2.20. The van der Waals surface area contributed by atoms with Crippen molar-refractivity contribution in [2.75, 3.05) is 5.32 Å². The van der Waals surface area contributed by atoms with Crippen LogP contribution in [0.5, 0.6) is 0 Å². The van der Waals surface area contributed by atoms with Crippen LogP contribution in [0.3, 0.4) is 0 Å². The molecule has 5 heteroatoms. The first-order valence-corrected chi connectivity index (χ1v) is 7.13. The fourth-order valence-corrected chi connectivity index (χ4v) is 2.66. The number of anilines is 1. The monoisotopic (exact) mass is 287 g/mol. The van der Waals surface area contributed by atoms with E-state index in [9.17, 15) is 9.59 Å². The maximum absolute atomic E-state index is 12.4. The number of aromatic nitrogens is 1. The minimum Gasteiger partial charge on any atom is -0.324 e. The minimum absolute atomic E-state index is 0.0594. The van der Waals surface area contributed by atoms with Crippen molar-refractivity contribution in [3.63, 3.8) is 0 Å². The van der Waals surface area contributed by atoms with Crippen LogP contribution in [0.1, 0.15) is 31.0 Å². The molecule has 2 amide bonds. The number of likely N-dealkylation sites (tertiary alicyclic amines) is 1.